The molecule has 0 radical (unpaired) electrons. The summed E-state index contributed by atoms with van der Waals surface area (Å²) in [5.74, 6) is -0.160. The molecule has 0 unspecified atom stereocenters. The van der Waals surface area contributed by atoms with Gasteiger partial charge in [-0.25, -0.2) is 13.8 Å². The van der Waals surface area contributed by atoms with E-state index in [1.165, 1.54) is 24.0 Å². The van der Waals surface area contributed by atoms with Crippen LogP contribution in [0.25, 0.3) is 0 Å². The van der Waals surface area contributed by atoms with E-state index in [0.717, 1.165) is 0 Å². The number of Topliss-reactive ketones (excluding diaryl/α,β-unsaturated/α-hetero) is 1. The smallest absolute Gasteiger partial charge is 0.240 e. The number of carbonyl (C=O) groups is 1. The number of imidazole rings is 1. The van der Waals surface area contributed by atoms with Crippen molar-refractivity contribution in [1.29, 1.82) is 0 Å². The zero-order chi connectivity index (χ0) is 9.84. The highest BCUT2D eigenvalue weighted by Crippen LogP contribution is 2.05. The molecule has 13 heavy (non-hydrogen) atoms. The average molecular weight is 188 g/mol. The number of hydrogen-bond acceptors (Lipinski definition) is 2. The van der Waals surface area contributed by atoms with Gasteiger partial charge in [-0.3, -0.25) is 4.79 Å². The molecule has 0 atom stereocenters. The minimum atomic E-state index is -2.35. The van der Waals surface area contributed by atoms with Crippen molar-refractivity contribution in [3.8, 4) is 0 Å². The zero-order valence-corrected chi connectivity index (χ0v) is 7.20. The van der Waals surface area contributed by atoms with Crippen molar-refractivity contribution in [3.63, 3.8) is 0 Å². The van der Waals surface area contributed by atoms with E-state index >= 15 is 0 Å². The lowest BCUT2D eigenvalue weighted by Crippen LogP contribution is -2.08. The molecule has 3 nitrogen and oxygen atoms in total. The van der Waals surface area contributed by atoms with Crippen LogP contribution in [0.15, 0.2) is 12.5 Å². The molecular formula is C8H10F2N2O. The predicted molar refractivity (Wildman–Crippen MR) is 42.9 cm³/mol. The van der Waals surface area contributed by atoms with Gasteiger partial charge in [0.1, 0.15) is 5.69 Å². The first kappa shape index (κ1) is 9.83. The van der Waals surface area contributed by atoms with Gasteiger partial charge in [0.15, 0.2) is 5.78 Å². The number of aryl methyl sites for hydroxylation is 1. The molecule has 0 aliphatic carbocycles. The van der Waals surface area contributed by atoms with Gasteiger partial charge in [0, 0.05) is 19.9 Å². The van der Waals surface area contributed by atoms with Crippen LogP contribution in [-0.2, 0) is 6.54 Å². The molecule has 72 valence electrons. The normalized spacial score (nSPS) is 10.8. The predicted octanol–water partition coefficient (Wildman–Crippen LogP) is 1.74. The third-order valence-corrected chi connectivity index (χ3v) is 1.66. The minimum Gasteiger partial charge on any atom is -0.328 e. The molecular weight excluding hydrogens is 178 g/mol. The summed E-state index contributed by atoms with van der Waals surface area (Å²) in [6.07, 6.45) is 0.172. The van der Waals surface area contributed by atoms with Crippen molar-refractivity contribution in [2.24, 2.45) is 0 Å². The zero-order valence-electron chi connectivity index (χ0n) is 7.20. The molecule has 0 aliphatic rings. The van der Waals surface area contributed by atoms with Gasteiger partial charge in [0.05, 0.1) is 12.5 Å². The highest BCUT2D eigenvalue weighted by atomic mass is 19.3. The molecule has 0 spiro atoms. The lowest BCUT2D eigenvalue weighted by atomic mass is 10.3. The Morgan fingerprint density at radius 1 is 1.69 bits per heavy atom. The maximum absolute atomic E-state index is 11.8. The molecule has 0 saturated heterocycles. The molecule has 0 fully saturated rings. The molecule has 5 heteroatoms. The lowest BCUT2D eigenvalue weighted by Gasteiger charge is -2.04. The van der Waals surface area contributed by atoms with Gasteiger partial charge in [-0.15, -0.1) is 0 Å². The van der Waals surface area contributed by atoms with Crippen LogP contribution in [0.1, 0.15) is 23.8 Å². The van der Waals surface area contributed by atoms with Crippen LogP contribution in [-0.4, -0.2) is 21.8 Å². The molecule has 1 aromatic rings. The first-order valence-corrected chi connectivity index (χ1v) is 3.90. The molecule has 0 aliphatic heterocycles. The van der Waals surface area contributed by atoms with E-state index in [9.17, 15) is 13.6 Å². The SMILES string of the molecule is CC(=O)c1cncn1CCC(F)F. The summed E-state index contributed by atoms with van der Waals surface area (Å²) < 4.78 is 25.1. The number of halogens is 2. The van der Waals surface area contributed by atoms with Gasteiger partial charge in [-0.05, 0) is 0 Å². The number of nitrogens with zero attached hydrogens (tertiary/aromatic N) is 2. The fraction of sp³-hybridized carbons (Fsp3) is 0.500. The maximum Gasteiger partial charge on any atom is 0.240 e. The Morgan fingerprint density at radius 3 is 2.92 bits per heavy atom. The van der Waals surface area contributed by atoms with Crippen molar-refractivity contribution >= 4 is 5.78 Å². The monoisotopic (exact) mass is 188 g/mol. The van der Waals surface area contributed by atoms with Crippen LogP contribution < -0.4 is 0 Å². The van der Waals surface area contributed by atoms with Gasteiger partial charge >= 0.3 is 0 Å². The van der Waals surface area contributed by atoms with Crippen LogP contribution in [0.5, 0.6) is 0 Å². The third-order valence-electron chi connectivity index (χ3n) is 1.66. The molecule has 0 aromatic carbocycles. The topological polar surface area (TPSA) is 34.9 Å². The van der Waals surface area contributed by atoms with Gasteiger partial charge in [0.2, 0.25) is 6.43 Å². The van der Waals surface area contributed by atoms with E-state index in [2.05, 4.69) is 4.98 Å². The number of rotatable bonds is 4. The Labute approximate surface area is 74.4 Å². The van der Waals surface area contributed by atoms with Crippen LogP contribution in [0.2, 0.25) is 0 Å². The van der Waals surface area contributed by atoms with Crippen molar-refractivity contribution < 1.29 is 13.6 Å². The van der Waals surface area contributed by atoms with Crippen LogP contribution in [0.3, 0.4) is 0 Å². The van der Waals surface area contributed by atoms with E-state index in [1.54, 1.807) is 0 Å². The average Bonchev–Trinajstić information content (AvgIpc) is 2.47. The highest BCUT2D eigenvalue weighted by Gasteiger charge is 2.08. The number of alkyl halides is 2. The van der Waals surface area contributed by atoms with E-state index in [-0.39, 0.29) is 18.7 Å². The highest BCUT2D eigenvalue weighted by molar-refractivity contribution is 5.92. The second kappa shape index (κ2) is 4.11. The summed E-state index contributed by atoms with van der Waals surface area (Å²) in [6, 6.07) is 0. The summed E-state index contributed by atoms with van der Waals surface area (Å²) in [4.78, 5) is 14.6. The Morgan fingerprint density at radius 2 is 2.38 bits per heavy atom. The lowest BCUT2D eigenvalue weighted by molar-refractivity contribution is 0.0997. The summed E-state index contributed by atoms with van der Waals surface area (Å²) in [6.45, 7) is 1.52. The third kappa shape index (κ3) is 2.61. The Hall–Kier alpha value is -1.26. The van der Waals surface area contributed by atoms with Crippen molar-refractivity contribution in [1.82, 2.24) is 9.55 Å². The van der Waals surface area contributed by atoms with Crippen molar-refractivity contribution in [2.75, 3.05) is 0 Å². The first-order valence-electron chi connectivity index (χ1n) is 3.90. The maximum atomic E-state index is 11.8. The van der Waals surface area contributed by atoms with E-state index in [4.69, 9.17) is 0 Å². The Bertz CT molecular complexity index is 296. The molecule has 1 rings (SSSR count). The van der Waals surface area contributed by atoms with Crippen LogP contribution >= 0.6 is 0 Å². The Kier molecular flexibility index (Phi) is 3.11. The molecule has 0 N–H and O–H groups in total. The Balaban J connectivity index is 2.65. The molecule has 0 saturated carbocycles. The summed E-state index contributed by atoms with van der Waals surface area (Å²) in [5, 5.41) is 0. The van der Waals surface area contributed by atoms with Gasteiger partial charge in [0.25, 0.3) is 0 Å². The molecule has 1 heterocycles. The number of hydrogen-bond donors (Lipinski definition) is 0. The van der Waals surface area contributed by atoms with E-state index < -0.39 is 6.43 Å². The van der Waals surface area contributed by atoms with E-state index in [0.29, 0.717) is 5.69 Å². The molecule has 0 amide bonds. The second-order valence-electron chi connectivity index (χ2n) is 2.71. The minimum absolute atomic E-state index is 0.132. The molecule has 1 aromatic heterocycles. The number of aromatic nitrogens is 2. The van der Waals surface area contributed by atoms with E-state index in [1.807, 2.05) is 0 Å². The summed E-state index contributed by atoms with van der Waals surface area (Å²) in [5.41, 5.74) is 0.376. The summed E-state index contributed by atoms with van der Waals surface area (Å²) >= 11 is 0. The number of ketones is 1. The van der Waals surface area contributed by atoms with Crippen molar-refractivity contribution in [3.05, 3.63) is 18.2 Å². The summed E-state index contributed by atoms with van der Waals surface area (Å²) in [7, 11) is 0. The fourth-order valence-corrected chi connectivity index (χ4v) is 1.03. The van der Waals surface area contributed by atoms with Crippen LogP contribution in [0, 0.1) is 0 Å². The largest absolute Gasteiger partial charge is 0.328 e. The quantitative estimate of drug-likeness (QED) is 0.674. The number of carbonyl (C=O) groups excluding carboxylic acids is 1. The second-order valence-corrected chi connectivity index (χ2v) is 2.71. The first-order chi connectivity index (χ1) is 6.11. The van der Waals surface area contributed by atoms with Gasteiger partial charge in [-0.1, -0.05) is 0 Å². The van der Waals surface area contributed by atoms with Crippen LogP contribution in [0.4, 0.5) is 8.78 Å². The standard InChI is InChI=1S/C8H10F2N2O/c1-6(13)7-4-11-5-12(7)3-2-8(9)10/h4-5,8H,2-3H2,1H3. The molecule has 0 bridgehead atoms. The van der Waals surface area contributed by atoms with Crippen molar-refractivity contribution in [2.45, 2.75) is 26.3 Å². The van der Waals surface area contributed by atoms with Gasteiger partial charge < -0.3 is 4.57 Å². The van der Waals surface area contributed by atoms with Gasteiger partial charge in [-0.2, -0.15) is 0 Å². The fourth-order valence-electron chi connectivity index (χ4n) is 1.03.